The van der Waals surface area contributed by atoms with E-state index in [1.165, 1.54) is 12.0 Å². The predicted octanol–water partition coefficient (Wildman–Crippen LogP) is 2.33. The molecule has 2 fully saturated rings. The summed E-state index contributed by atoms with van der Waals surface area (Å²) in [5, 5.41) is 20.0. The molecule has 2 heterocycles. The first kappa shape index (κ1) is 15.0. The van der Waals surface area contributed by atoms with Crippen LogP contribution in [0.2, 0.25) is 0 Å². The highest BCUT2D eigenvalue weighted by Crippen LogP contribution is 2.37. The first-order valence-corrected chi connectivity index (χ1v) is 7.72. The molecular formula is C16H29NO2. The molecule has 2 saturated heterocycles. The average molecular weight is 267 g/mol. The van der Waals surface area contributed by atoms with Gasteiger partial charge in [-0.2, -0.15) is 0 Å². The fourth-order valence-corrected chi connectivity index (χ4v) is 3.72. The number of allylic oxidation sites excluding steroid dienone is 1. The van der Waals surface area contributed by atoms with Crippen molar-refractivity contribution < 1.29 is 10.2 Å². The second-order valence-corrected chi connectivity index (χ2v) is 6.89. The number of rotatable bonds is 4. The molecule has 2 aliphatic rings. The maximum atomic E-state index is 10.6. The monoisotopic (exact) mass is 267 g/mol. The summed E-state index contributed by atoms with van der Waals surface area (Å²) in [6.45, 7) is 8.20. The third-order valence-electron chi connectivity index (χ3n) is 4.63. The van der Waals surface area contributed by atoms with Crippen LogP contribution in [0, 0.1) is 5.92 Å². The summed E-state index contributed by atoms with van der Waals surface area (Å²) >= 11 is 0. The van der Waals surface area contributed by atoms with E-state index in [1.807, 2.05) is 13.8 Å². The lowest BCUT2D eigenvalue weighted by molar-refractivity contribution is -0.0330. The standard InChI is InChI=1S/C16H29NO2/c1-12(6-7-13(2)18)9-14-10-16(3,19)15-5-4-8-17(15)11-14/h9,12-13,15,18-19H,4-8,10-11H2,1-3H3/b14-9-. The first-order valence-electron chi connectivity index (χ1n) is 7.72. The van der Waals surface area contributed by atoms with Crippen molar-refractivity contribution in [3.05, 3.63) is 11.6 Å². The van der Waals surface area contributed by atoms with E-state index in [1.54, 1.807) is 0 Å². The summed E-state index contributed by atoms with van der Waals surface area (Å²) in [6, 6.07) is 0.359. The van der Waals surface area contributed by atoms with E-state index in [2.05, 4.69) is 17.9 Å². The van der Waals surface area contributed by atoms with Crippen LogP contribution in [0.15, 0.2) is 11.6 Å². The number of nitrogens with zero attached hydrogens (tertiary/aromatic N) is 1. The molecule has 2 N–H and O–H groups in total. The Bertz CT molecular complexity index is 336. The Morgan fingerprint density at radius 3 is 2.84 bits per heavy atom. The van der Waals surface area contributed by atoms with E-state index in [0.717, 1.165) is 38.8 Å². The lowest BCUT2D eigenvalue weighted by Crippen LogP contribution is -2.52. The molecule has 2 rings (SSSR count). The quantitative estimate of drug-likeness (QED) is 0.768. The minimum Gasteiger partial charge on any atom is -0.393 e. The van der Waals surface area contributed by atoms with E-state index in [4.69, 9.17) is 0 Å². The van der Waals surface area contributed by atoms with E-state index in [0.29, 0.717) is 12.0 Å². The second-order valence-electron chi connectivity index (χ2n) is 6.89. The van der Waals surface area contributed by atoms with Gasteiger partial charge in [-0.1, -0.05) is 18.6 Å². The van der Waals surface area contributed by atoms with Crippen LogP contribution < -0.4 is 0 Å². The summed E-state index contributed by atoms with van der Waals surface area (Å²) in [5.41, 5.74) is 0.811. The molecule has 0 aliphatic carbocycles. The topological polar surface area (TPSA) is 43.7 Å². The molecule has 4 unspecified atom stereocenters. The molecule has 2 aliphatic heterocycles. The molecule has 0 saturated carbocycles. The maximum absolute atomic E-state index is 10.6. The first-order chi connectivity index (χ1) is 8.88. The van der Waals surface area contributed by atoms with Gasteiger partial charge < -0.3 is 10.2 Å². The van der Waals surface area contributed by atoms with Crippen molar-refractivity contribution in [2.75, 3.05) is 13.1 Å². The Morgan fingerprint density at radius 2 is 2.16 bits per heavy atom. The van der Waals surface area contributed by atoms with Gasteiger partial charge in [-0.15, -0.1) is 0 Å². The molecule has 3 nitrogen and oxygen atoms in total. The summed E-state index contributed by atoms with van der Waals surface area (Å²) in [4.78, 5) is 2.44. The van der Waals surface area contributed by atoms with Crippen LogP contribution in [0.3, 0.4) is 0 Å². The zero-order valence-corrected chi connectivity index (χ0v) is 12.6. The molecule has 0 radical (unpaired) electrons. The number of aliphatic hydroxyl groups is 2. The van der Waals surface area contributed by atoms with Crippen LogP contribution in [0.4, 0.5) is 0 Å². The van der Waals surface area contributed by atoms with Crippen LogP contribution in [0.1, 0.15) is 52.9 Å². The van der Waals surface area contributed by atoms with Crippen molar-refractivity contribution in [1.29, 1.82) is 0 Å². The van der Waals surface area contributed by atoms with Gasteiger partial charge in [-0.3, -0.25) is 4.90 Å². The molecule has 3 heteroatoms. The molecule has 110 valence electrons. The largest absolute Gasteiger partial charge is 0.393 e. The Labute approximate surface area is 117 Å². The third kappa shape index (κ3) is 3.80. The molecule has 4 atom stereocenters. The zero-order valence-electron chi connectivity index (χ0n) is 12.6. The van der Waals surface area contributed by atoms with Crippen molar-refractivity contribution >= 4 is 0 Å². The second kappa shape index (κ2) is 5.94. The van der Waals surface area contributed by atoms with Crippen LogP contribution in [-0.4, -0.2) is 45.9 Å². The van der Waals surface area contributed by atoms with E-state index in [-0.39, 0.29) is 6.10 Å². The lowest BCUT2D eigenvalue weighted by Gasteiger charge is -2.43. The van der Waals surface area contributed by atoms with Crippen molar-refractivity contribution in [2.45, 2.75) is 70.6 Å². The molecule has 0 amide bonds. The van der Waals surface area contributed by atoms with Gasteiger partial charge in [-0.25, -0.2) is 0 Å². The van der Waals surface area contributed by atoms with Gasteiger partial charge in [0.05, 0.1) is 11.7 Å². The number of hydrogen-bond acceptors (Lipinski definition) is 3. The van der Waals surface area contributed by atoms with Crippen molar-refractivity contribution in [2.24, 2.45) is 5.92 Å². The minimum atomic E-state index is -0.565. The van der Waals surface area contributed by atoms with Crippen LogP contribution >= 0.6 is 0 Å². The zero-order chi connectivity index (χ0) is 14.0. The third-order valence-corrected chi connectivity index (χ3v) is 4.63. The number of fused-ring (bicyclic) bond motifs is 1. The molecule has 19 heavy (non-hydrogen) atoms. The highest BCUT2D eigenvalue weighted by molar-refractivity contribution is 5.17. The lowest BCUT2D eigenvalue weighted by atomic mass is 9.82. The van der Waals surface area contributed by atoms with Gasteiger partial charge in [0.25, 0.3) is 0 Å². The predicted molar refractivity (Wildman–Crippen MR) is 78.0 cm³/mol. The normalized spacial score (nSPS) is 37.3. The van der Waals surface area contributed by atoms with E-state index >= 15 is 0 Å². The van der Waals surface area contributed by atoms with Crippen molar-refractivity contribution in [3.63, 3.8) is 0 Å². The molecule has 0 spiro atoms. The van der Waals surface area contributed by atoms with Gasteiger partial charge in [0.15, 0.2) is 0 Å². The number of piperidine rings is 1. The summed E-state index contributed by atoms with van der Waals surface area (Å²) in [7, 11) is 0. The van der Waals surface area contributed by atoms with Crippen LogP contribution in [0.25, 0.3) is 0 Å². The van der Waals surface area contributed by atoms with Gasteiger partial charge >= 0.3 is 0 Å². The Balaban J connectivity index is 1.97. The SMILES string of the molecule is CC(O)CCC(C)/C=C1\CN2CCCC2C(C)(O)C1. The summed E-state index contributed by atoms with van der Waals surface area (Å²) < 4.78 is 0. The molecule has 0 aromatic rings. The van der Waals surface area contributed by atoms with Gasteiger partial charge in [-0.05, 0) is 58.4 Å². The van der Waals surface area contributed by atoms with E-state index < -0.39 is 5.60 Å². The minimum absolute atomic E-state index is 0.210. The molecular weight excluding hydrogens is 238 g/mol. The summed E-state index contributed by atoms with van der Waals surface area (Å²) in [5.74, 6) is 0.486. The molecule has 0 bridgehead atoms. The number of aliphatic hydroxyl groups excluding tert-OH is 1. The molecule has 0 aromatic carbocycles. The smallest absolute Gasteiger partial charge is 0.0811 e. The Hall–Kier alpha value is -0.380. The molecule has 0 aromatic heterocycles. The van der Waals surface area contributed by atoms with Crippen LogP contribution in [0.5, 0.6) is 0 Å². The highest BCUT2D eigenvalue weighted by Gasteiger charge is 2.43. The maximum Gasteiger partial charge on any atom is 0.0811 e. The highest BCUT2D eigenvalue weighted by atomic mass is 16.3. The summed E-state index contributed by atoms with van der Waals surface area (Å²) in [6.07, 6.45) is 7.15. The Kier molecular flexibility index (Phi) is 4.70. The fourth-order valence-electron chi connectivity index (χ4n) is 3.72. The van der Waals surface area contributed by atoms with Gasteiger partial charge in [0.2, 0.25) is 0 Å². The Morgan fingerprint density at radius 1 is 1.42 bits per heavy atom. The average Bonchev–Trinajstić information content (AvgIpc) is 2.74. The van der Waals surface area contributed by atoms with Crippen molar-refractivity contribution in [1.82, 2.24) is 4.90 Å². The fraction of sp³-hybridized carbons (Fsp3) is 0.875. The van der Waals surface area contributed by atoms with Gasteiger partial charge in [0.1, 0.15) is 0 Å². The van der Waals surface area contributed by atoms with Crippen molar-refractivity contribution in [3.8, 4) is 0 Å². The van der Waals surface area contributed by atoms with Crippen LogP contribution in [-0.2, 0) is 0 Å². The number of hydrogen-bond donors (Lipinski definition) is 2. The van der Waals surface area contributed by atoms with Gasteiger partial charge in [0, 0.05) is 12.6 Å². The van der Waals surface area contributed by atoms with E-state index in [9.17, 15) is 10.2 Å².